The highest BCUT2D eigenvalue weighted by Crippen LogP contribution is 2.18. The minimum atomic E-state index is -0.189. The Balaban J connectivity index is 2.90. The van der Waals surface area contributed by atoms with Crippen molar-refractivity contribution >= 4 is 0 Å². The van der Waals surface area contributed by atoms with Gasteiger partial charge in [-0.3, -0.25) is 0 Å². The van der Waals surface area contributed by atoms with Gasteiger partial charge in [0.25, 0.3) is 0 Å². The van der Waals surface area contributed by atoms with Crippen LogP contribution in [-0.2, 0) is 0 Å². The Labute approximate surface area is 72.1 Å². The number of hydrogen-bond donors (Lipinski definition) is 0. The summed E-state index contributed by atoms with van der Waals surface area (Å²) in [4.78, 5) is 8.08. The number of nitriles is 1. The molecule has 0 N–H and O–H groups in total. The van der Waals surface area contributed by atoms with E-state index in [1.54, 1.807) is 18.5 Å². The molecule has 1 aromatic rings. The van der Waals surface area contributed by atoms with Crippen LogP contribution < -0.4 is 0 Å². The first-order valence-corrected chi connectivity index (χ1v) is 3.92. The third-order valence-electron chi connectivity index (χ3n) is 1.67. The average Bonchev–Trinajstić information content (AvgIpc) is 2.07. The van der Waals surface area contributed by atoms with Crippen molar-refractivity contribution in [3.8, 4) is 6.07 Å². The smallest absolute Gasteiger partial charge is 0.145 e. The van der Waals surface area contributed by atoms with Gasteiger partial charge in [0.15, 0.2) is 0 Å². The Hall–Kier alpha value is -1.43. The van der Waals surface area contributed by atoms with E-state index in [-0.39, 0.29) is 11.8 Å². The summed E-state index contributed by atoms with van der Waals surface area (Å²) in [5.41, 5.74) is 0. The quantitative estimate of drug-likeness (QED) is 0.663. The summed E-state index contributed by atoms with van der Waals surface area (Å²) in [7, 11) is 0. The molecule has 1 unspecified atom stereocenters. The van der Waals surface area contributed by atoms with E-state index >= 15 is 0 Å². The molecule has 0 spiro atoms. The highest BCUT2D eigenvalue weighted by Gasteiger charge is 2.16. The molecule has 1 heterocycles. The van der Waals surface area contributed by atoms with Gasteiger partial charge < -0.3 is 0 Å². The molecular weight excluding hydrogens is 150 g/mol. The Kier molecular flexibility index (Phi) is 2.76. The van der Waals surface area contributed by atoms with Crippen LogP contribution in [0.5, 0.6) is 0 Å². The zero-order valence-corrected chi connectivity index (χ0v) is 7.23. The van der Waals surface area contributed by atoms with Crippen molar-refractivity contribution in [3.63, 3.8) is 0 Å². The fourth-order valence-corrected chi connectivity index (χ4v) is 0.976. The van der Waals surface area contributed by atoms with Crippen molar-refractivity contribution in [1.82, 2.24) is 9.97 Å². The topological polar surface area (TPSA) is 49.6 Å². The van der Waals surface area contributed by atoms with Gasteiger partial charge >= 0.3 is 0 Å². The average molecular weight is 161 g/mol. The zero-order chi connectivity index (χ0) is 8.97. The van der Waals surface area contributed by atoms with E-state index < -0.39 is 0 Å². The molecule has 0 amide bonds. The van der Waals surface area contributed by atoms with E-state index in [1.807, 2.05) is 13.8 Å². The predicted octanol–water partition coefficient (Wildman–Crippen LogP) is 1.74. The molecule has 0 saturated carbocycles. The molecule has 1 rings (SSSR count). The van der Waals surface area contributed by atoms with Gasteiger partial charge in [-0.1, -0.05) is 13.8 Å². The minimum Gasteiger partial charge on any atom is -0.240 e. The molecule has 1 aromatic heterocycles. The van der Waals surface area contributed by atoms with E-state index in [4.69, 9.17) is 5.26 Å². The van der Waals surface area contributed by atoms with Crippen molar-refractivity contribution in [2.24, 2.45) is 5.92 Å². The summed E-state index contributed by atoms with van der Waals surface area (Å²) in [6.07, 6.45) is 3.32. The number of nitrogens with zero attached hydrogens (tertiary/aromatic N) is 3. The highest BCUT2D eigenvalue weighted by atomic mass is 14.9. The van der Waals surface area contributed by atoms with Crippen molar-refractivity contribution in [2.45, 2.75) is 19.8 Å². The van der Waals surface area contributed by atoms with Gasteiger partial charge in [-0.25, -0.2) is 9.97 Å². The molecule has 0 radical (unpaired) electrons. The second kappa shape index (κ2) is 3.82. The third-order valence-corrected chi connectivity index (χ3v) is 1.67. The lowest BCUT2D eigenvalue weighted by molar-refractivity contribution is 0.561. The first kappa shape index (κ1) is 8.66. The molecule has 0 aromatic carbocycles. The second-order valence-electron chi connectivity index (χ2n) is 2.96. The van der Waals surface area contributed by atoms with Crippen LogP contribution in [0.1, 0.15) is 25.6 Å². The van der Waals surface area contributed by atoms with Gasteiger partial charge in [-0.15, -0.1) is 0 Å². The lowest BCUT2D eigenvalue weighted by Gasteiger charge is -2.09. The zero-order valence-electron chi connectivity index (χ0n) is 7.23. The number of rotatable bonds is 2. The van der Waals surface area contributed by atoms with E-state index in [0.717, 1.165) is 0 Å². The van der Waals surface area contributed by atoms with Crippen LogP contribution >= 0.6 is 0 Å². The van der Waals surface area contributed by atoms with Gasteiger partial charge in [-0.05, 0) is 12.0 Å². The monoisotopic (exact) mass is 161 g/mol. The fourth-order valence-electron chi connectivity index (χ4n) is 0.976. The molecule has 3 nitrogen and oxygen atoms in total. The van der Waals surface area contributed by atoms with Gasteiger partial charge in [0.1, 0.15) is 11.7 Å². The van der Waals surface area contributed by atoms with Gasteiger partial charge in [0.05, 0.1) is 6.07 Å². The molecule has 12 heavy (non-hydrogen) atoms. The Morgan fingerprint density at radius 1 is 1.33 bits per heavy atom. The lowest BCUT2D eigenvalue weighted by Crippen LogP contribution is -2.07. The van der Waals surface area contributed by atoms with E-state index in [0.29, 0.717) is 5.82 Å². The van der Waals surface area contributed by atoms with Crippen LogP contribution in [0.15, 0.2) is 18.5 Å². The van der Waals surface area contributed by atoms with Crippen LogP contribution in [0.3, 0.4) is 0 Å². The summed E-state index contributed by atoms with van der Waals surface area (Å²) in [6.45, 7) is 3.98. The summed E-state index contributed by atoms with van der Waals surface area (Å²) in [5, 5.41) is 8.82. The summed E-state index contributed by atoms with van der Waals surface area (Å²) in [5.74, 6) is 0.693. The van der Waals surface area contributed by atoms with Gasteiger partial charge in [-0.2, -0.15) is 5.26 Å². The number of hydrogen-bond acceptors (Lipinski definition) is 3. The highest BCUT2D eigenvalue weighted by molar-refractivity contribution is 5.08. The first-order chi connectivity index (χ1) is 5.75. The van der Waals surface area contributed by atoms with Crippen LogP contribution in [0, 0.1) is 17.2 Å². The molecule has 1 atom stereocenters. The fraction of sp³-hybridized carbons (Fsp3) is 0.444. The summed E-state index contributed by atoms with van der Waals surface area (Å²) < 4.78 is 0. The molecule has 0 aliphatic rings. The van der Waals surface area contributed by atoms with Gasteiger partial charge in [0, 0.05) is 12.4 Å². The van der Waals surface area contributed by atoms with Crippen molar-refractivity contribution in [1.29, 1.82) is 5.26 Å². The van der Waals surface area contributed by atoms with Crippen molar-refractivity contribution in [2.75, 3.05) is 0 Å². The van der Waals surface area contributed by atoms with Crippen LogP contribution in [0.4, 0.5) is 0 Å². The Bertz CT molecular complexity index is 274. The molecule has 62 valence electrons. The van der Waals surface area contributed by atoms with Crippen LogP contribution in [0.2, 0.25) is 0 Å². The molecule has 0 aliphatic heterocycles. The second-order valence-corrected chi connectivity index (χ2v) is 2.96. The first-order valence-electron chi connectivity index (χ1n) is 3.92. The summed E-state index contributed by atoms with van der Waals surface area (Å²) in [6, 6.07) is 3.94. The molecule has 0 saturated heterocycles. The SMILES string of the molecule is CC(C)C(C#N)c1ncccn1. The lowest BCUT2D eigenvalue weighted by atomic mass is 9.97. The maximum absolute atomic E-state index is 8.82. The third kappa shape index (κ3) is 1.79. The Morgan fingerprint density at radius 2 is 1.92 bits per heavy atom. The predicted molar refractivity (Wildman–Crippen MR) is 45.2 cm³/mol. The minimum absolute atomic E-state index is 0.189. The largest absolute Gasteiger partial charge is 0.240 e. The van der Waals surface area contributed by atoms with Gasteiger partial charge in [0.2, 0.25) is 0 Å². The van der Waals surface area contributed by atoms with Crippen molar-refractivity contribution in [3.05, 3.63) is 24.3 Å². The Morgan fingerprint density at radius 3 is 2.33 bits per heavy atom. The van der Waals surface area contributed by atoms with E-state index in [1.165, 1.54) is 0 Å². The van der Waals surface area contributed by atoms with E-state index in [2.05, 4.69) is 16.0 Å². The van der Waals surface area contributed by atoms with E-state index in [9.17, 15) is 0 Å². The summed E-state index contributed by atoms with van der Waals surface area (Å²) >= 11 is 0. The van der Waals surface area contributed by atoms with Crippen LogP contribution in [0.25, 0.3) is 0 Å². The molecular formula is C9H11N3. The molecule has 0 aliphatic carbocycles. The normalized spacial score (nSPS) is 12.5. The molecule has 0 bridgehead atoms. The molecule has 3 heteroatoms. The number of aromatic nitrogens is 2. The van der Waals surface area contributed by atoms with Crippen molar-refractivity contribution < 1.29 is 0 Å². The molecule has 0 fully saturated rings. The standard InChI is InChI=1S/C9H11N3/c1-7(2)8(6-10)9-11-4-3-5-12-9/h3-5,7-8H,1-2H3. The van der Waals surface area contributed by atoms with Crippen LogP contribution in [-0.4, -0.2) is 9.97 Å². The maximum Gasteiger partial charge on any atom is 0.145 e. The maximum atomic E-state index is 8.82.